The van der Waals surface area contributed by atoms with Crippen LogP contribution in [0.4, 0.5) is 0 Å². The van der Waals surface area contributed by atoms with Crippen LogP contribution in [0.15, 0.2) is 30.1 Å². The topological polar surface area (TPSA) is 40.5 Å². The monoisotopic (exact) mass is 182 g/mol. The largest absolute Gasteiger partial charge is 0.347 e. The highest BCUT2D eigenvalue weighted by atomic mass is 31.2. The van der Waals surface area contributed by atoms with Crippen LogP contribution < -0.4 is 0 Å². The third kappa shape index (κ3) is 3.14. The van der Waals surface area contributed by atoms with Gasteiger partial charge in [0.05, 0.1) is 0 Å². The van der Waals surface area contributed by atoms with Crippen LogP contribution in [0.5, 0.6) is 0 Å². The molecule has 0 spiro atoms. The number of hydrogen-bond acceptors (Lipinski definition) is 2. The van der Waals surface area contributed by atoms with Gasteiger partial charge in [-0.05, 0) is 24.4 Å². The van der Waals surface area contributed by atoms with Gasteiger partial charge in [-0.2, -0.15) is 0 Å². The minimum Gasteiger partial charge on any atom is -0.347 e. The summed E-state index contributed by atoms with van der Waals surface area (Å²) in [5.41, 5.74) is 2.18. The van der Waals surface area contributed by atoms with E-state index in [1.165, 1.54) is 11.4 Å². The van der Waals surface area contributed by atoms with Crippen molar-refractivity contribution < 1.29 is 9.79 Å². The lowest BCUT2D eigenvalue weighted by Gasteiger charge is -1.95. The van der Waals surface area contributed by atoms with Crippen molar-refractivity contribution in [2.24, 2.45) is 0 Å². The molecule has 0 heterocycles. The molecule has 0 bridgehead atoms. The van der Waals surface area contributed by atoms with E-state index in [4.69, 9.17) is 9.79 Å². The molecule has 0 atom stereocenters. The van der Waals surface area contributed by atoms with Gasteiger partial charge in [-0.15, -0.1) is 0 Å². The average molecular weight is 182 g/mol. The smallest absolute Gasteiger partial charge is 0.191 e. The minimum absolute atomic E-state index is 0.983. The molecule has 0 aromatic heterocycles. The van der Waals surface area contributed by atoms with E-state index in [1.54, 1.807) is 6.08 Å². The summed E-state index contributed by atoms with van der Waals surface area (Å²) in [7, 11) is -1.91. The van der Waals surface area contributed by atoms with Crippen LogP contribution in [0.2, 0.25) is 0 Å². The highest BCUT2D eigenvalue weighted by molar-refractivity contribution is 7.48. The van der Waals surface area contributed by atoms with Crippen molar-refractivity contribution in [3.8, 4) is 0 Å². The molecular formula is C9H11O2P. The summed E-state index contributed by atoms with van der Waals surface area (Å²) in [4.78, 5) is 17.2. The van der Waals surface area contributed by atoms with E-state index in [0.717, 1.165) is 5.56 Å². The van der Waals surface area contributed by atoms with E-state index in [0.29, 0.717) is 0 Å². The highest BCUT2D eigenvalue weighted by Crippen LogP contribution is 2.25. The molecule has 0 aliphatic rings. The van der Waals surface area contributed by atoms with Gasteiger partial charge in [0.2, 0.25) is 0 Å². The van der Waals surface area contributed by atoms with E-state index in [-0.39, 0.29) is 0 Å². The zero-order valence-electron chi connectivity index (χ0n) is 6.81. The molecule has 2 N–H and O–H groups in total. The molecule has 1 aromatic carbocycles. The first kappa shape index (κ1) is 9.40. The molecule has 0 saturated carbocycles. The van der Waals surface area contributed by atoms with E-state index >= 15 is 0 Å². The Morgan fingerprint density at radius 1 is 1.17 bits per heavy atom. The van der Waals surface area contributed by atoms with Crippen LogP contribution in [0.1, 0.15) is 11.1 Å². The lowest BCUT2D eigenvalue weighted by molar-refractivity contribution is 0.496. The van der Waals surface area contributed by atoms with Crippen molar-refractivity contribution in [2.45, 2.75) is 6.92 Å². The highest BCUT2D eigenvalue weighted by Gasteiger charge is 1.89. The molecule has 0 fully saturated rings. The molecule has 0 aliphatic heterocycles. The van der Waals surface area contributed by atoms with Crippen LogP contribution in [-0.4, -0.2) is 9.79 Å². The first-order chi connectivity index (χ1) is 5.68. The fraction of sp³-hybridized carbons (Fsp3) is 0.111. The Hall–Kier alpha value is -0.690. The van der Waals surface area contributed by atoms with E-state index in [2.05, 4.69) is 0 Å². The molecule has 0 saturated heterocycles. The van der Waals surface area contributed by atoms with Crippen molar-refractivity contribution >= 4 is 14.5 Å². The van der Waals surface area contributed by atoms with Crippen LogP contribution in [0.3, 0.4) is 0 Å². The maximum atomic E-state index is 8.60. The van der Waals surface area contributed by atoms with E-state index in [1.807, 2.05) is 31.2 Å². The summed E-state index contributed by atoms with van der Waals surface area (Å²) in [5.74, 6) is 1.39. The normalized spacial score (nSPS) is 11.3. The molecular weight excluding hydrogens is 171 g/mol. The lowest BCUT2D eigenvalue weighted by Crippen LogP contribution is -1.72. The first-order valence-electron chi connectivity index (χ1n) is 3.60. The molecule has 0 amide bonds. The SMILES string of the molecule is Cc1ccc(/C=C/P(O)O)cc1. The van der Waals surface area contributed by atoms with Crippen molar-refractivity contribution in [1.82, 2.24) is 0 Å². The molecule has 0 unspecified atom stereocenters. The van der Waals surface area contributed by atoms with Crippen molar-refractivity contribution in [3.05, 3.63) is 41.2 Å². The standard InChI is InChI=1S/C9H11O2P/c1-8-2-4-9(5-3-8)6-7-12(10)11/h2-7,10-11H,1H3/b7-6+. The zero-order chi connectivity index (χ0) is 8.97. The van der Waals surface area contributed by atoms with Gasteiger partial charge < -0.3 is 9.79 Å². The summed E-state index contributed by atoms with van der Waals surface area (Å²) in [6.45, 7) is 2.01. The third-order valence-corrected chi connectivity index (χ3v) is 1.89. The molecule has 2 nitrogen and oxygen atoms in total. The summed E-state index contributed by atoms with van der Waals surface area (Å²) in [5, 5.41) is 0. The zero-order valence-corrected chi connectivity index (χ0v) is 7.70. The molecule has 1 aromatic rings. The molecule has 1 rings (SSSR count). The Morgan fingerprint density at radius 2 is 1.75 bits per heavy atom. The van der Waals surface area contributed by atoms with Crippen LogP contribution in [0.25, 0.3) is 6.08 Å². The van der Waals surface area contributed by atoms with Crippen LogP contribution in [-0.2, 0) is 0 Å². The molecule has 12 heavy (non-hydrogen) atoms. The predicted molar refractivity (Wildman–Crippen MR) is 51.6 cm³/mol. The fourth-order valence-corrected chi connectivity index (χ4v) is 1.14. The summed E-state index contributed by atoms with van der Waals surface area (Å²) < 4.78 is 0. The van der Waals surface area contributed by atoms with Gasteiger partial charge in [0.1, 0.15) is 0 Å². The summed E-state index contributed by atoms with van der Waals surface area (Å²) >= 11 is 0. The second-order valence-electron chi connectivity index (χ2n) is 2.55. The molecule has 64 valence electrons. The summed E-state index contributed by atoms with van der Waals surface area (Å²) in [6.07, 6.45) is 1.70. The van der Waals surface area contributed by atoms with Crippen molar-refractivity contribution in [1.29, 1.82) is 0 Å². The van der Waals surface area contributed by atoms with Gasteiger partial charge >= 0.3 is 0 Å². The first-order valence-corrected chi connectivity index (χ1v) is 4.92. The lowest BCUT2D eigenvalue weighted by atomic mass is 10.2. The Bertz CT molecular complexity index is 264. The van der Waals surface area contributed by atoms with Gasteiger partial charge in [-0.25, -0.2) is 0 Å². The number of hydrogen-bond donors (Lipinski definition) is 2. The van der Waals surface area contributed by atoms with Crippen LogP contribution in [0, 0.1) is 6.92 Å². The summed E-state index contributed by atoms with van der Waals surface area (Å²) in [6, 6.07) is 7.84. The Balaban J connectivity index is 2.71. The third-order valence-electron chi connectivity index (χ3n) is 1.48. The maximum Gasteiger partial charge on any atom is 0.191 e. The quantitative estimate of drug-likeness (QED) is 0.688. The number of aryl methyl sites for hydroxylation is 1. The Kier molecular flexibility index (Phi) is 3.42. The number of rotatable bonds is 2. The van der Waals surface area contributed by atoms with Gasteiger partial charge in [0.25, 0.3) is 0 Å². The Labute approximate surface area is 73.1 Å². The maximum absolute atomic E-state index is 8.60. The van der Waals surface area contributed by atoms with Gasteiger partial charge in [0, 0.05) is 0 Å². The van der Waals surface area contributed by atoms with Gasteiger partial charge in [-0.3, -0.25) is 0 Å². The molecule has 0 radical (unpaired) electrons. The van der Waals surface area contributed by atoms with E-state index < -0.39 is 8.38 Å². The molecule has 3 heteroatoms. The van der Waals surface area contributed by atoms with Crippen molar-refractivity contribution in [2.75, 3.05) is 0 Å². The second kappa shape index (κ2) is 4.36. The van der Waals surface area contributed by atoms with Gasteiger partial charge in [-0.1, -0.05) is 29.8 Å². The minimum atomic E-state index is -1.91. The van der Waals surface area contributed by atoms with Crippen LogP contribution >= 0.6 is 8.38 Å². The number of benzene rings is 1. The predicted octanol–water partition coefficient (Wildman–Crippen LogP) is 2.26. The van der Waals surface area contributed by atoms with Crippen molar-refractivity contribution in [3.63, 3.8) is 0 Å². The van der Waals surface area contributed by atoms with E-state index in [9.17, 15) is 0 Å². The molecule has 0 aliphatic carbocycles. The van der Waals surface area contributed by atoms with Gasteiger partial charge in [0.15, 0.2) is 8.38 Å². The fourth-order valence-electron chi connectivity index (χ4n) is 0.830. The average Bonchev–Trinajstić information content (AvgIpc) is 2.03. The Morgan fingerprint density at radius 3 is 2.25 bits per heavy atom. The second-order valence-corrected chi connectivity index (χ2v) is 3.49.